The second-order valence-corrected chi connectivity index (χ2v) is 8.83. The number of rotatable bonds is 5. The van der Waals surface area contributed by atoms with Crippen molar-refractivity contribution < 1.29 is 0 Å². The molecule has 2 aromatic heterocycles. The standard InChI is InChI=1S/C23H22Cl2N4/c1-2-19-28-21-20(17-9-8-16(24)12-18(17)25)26-14-27-22(21)29(19)13-23(15-6-7-15)10-4-3-5-11-23/h3-5,8-10,12,14-15H,2,6-7,11,13H2,1H3. The number of nitrogens with zero attached hydrogens (tertiary/aromatic N) is 4. The molecule has 0 radical (unpaired) electrons. The van der Waals surface area contributed by atoms with Crippen molar-refractivity contribution >= 4 is 34.4 Å². The topological polar surface area (TPSA) is 43.6 Å². The van der Waals surface area contributed by atoms with Gasteiger partial charge in [-0.2, -0.15) is 0 Å². The molecule has 1 fully saturated rings. The van der Waals surface area contributed by atoms with Crippen LogP contribution in [0.25, 0.3) is 22.4 Å². The molecule has 1 unspecified atom stereocenters. The van der Waals surface area contributed by atoms with Crippen LogP contribution in [-0.4, -0.2) is 19.5 Å². The van der Waals surface area contributed by atoms with E-state index < -0.39 is 0 Å². The van der Waals surface area contributed by atoms with Crippen molar-refractivity contribution in [1.29, 1.82) is 0 Å². The molecule has 0 amide bonds. The molecule has 1 saturated carbocycles. The number of benzene rings is 1. The number of hydrogen-bond donors (Lipinski definition) is 0. The van der Waals surface area contributed by atoms with Gasteiger partial charge in [-0.15, -0.1) is 0 Å². The van der Waals surface area contributed by atoms with Crippen LogP contribution in [0.5, 0.6) is 0 Å². The normalized spacial score (nSPS) is 21.2. The summed E-state index contributed by atoms with van der Waals surface area (Å²) in [5.41, 5.74) is 3.41. The number of halogens is 2. The van der Waals surface area contributed by atoms with E-state index in [2.05, 4.69) is 45.8 Å². The lowest BCUT2D eigenvalue weighted by Gasteiger charge is -2.32. The van der Waals surface area contributed by atoms with E-state index in [1.807, 2.05) is 12.1 Å². The monoisotopic (exact) mass is 424 g/mol. The summed E-state index contributed by atoms with van der Waals surface area (Å²) < 4.78 is 2.30. The summed E-state index contributed by atoms with van der Waals surface area (Å²) in [6.07, 6.45) is 15.1. The maximum absolute atomic E-state index is 6.48. The third-order valence-electron chi connectivity index (χ3n) is 6.13. The third kappa shape index (κ3) is 3.28. The first-order valence-electron chi connectivity index (χ1n) is 10.1. The smallest absolute Gasteiger partial charge is 0.164 e. The lowest BCUT2D eigenvalue weighted by Crippen LogP contribution is -2.28. The molecule has 148 valence electrons. The van der Waals surface area contributed by atoms with E-state index in [1.54, 1.807) is 12.4 Å². The predicted octanol–water partition coefficient (Wildman–Crippen LogP) is 6.28. The molecule has 0 N–H and O–H groups in total. The second-order valence-electron chi connectivity index (χ2n) is 7.99. The van der Waals surface area contributed by atoms with Crippen molar-refractivity contribution in [3.63, 3.8) is 0 Å². The molecule has 0 spiro atoms. The summed E-state index contributed by atoms with van der Waals surface area (Å²) in [5.74, 6) is 1.77. The molecule has 0 aliphatic heterocycles. The van der Waals surface area contributed by atoms with Crippen molar-refractivity contribution in [2.45, 2.75) is 39.2 Å². The molecule has 1 aromatic carbocycles. The molecule has 3 aromatic rings. The lowest BCUT2D eigenvalue weighted by atomic mass is 9.77. The Hall–Kier alpha value is -2.17. The zero-order valence-corrected chi connectivity index (χ0v) is 17.8. The summed E-state index contributed by atoms with van der Waals surface area (Å²) in [7, 11) is 0. The Labute approximate surface area is 180 Å². The fourth-order valence-electron chi connectivity index (χ4n) is 4.48. The Morgan fingerprint density at radius 3 is 2.72 bits per heavy atom. The average molecular weight is 425 g/mol. The molecule has 6 heteroatoms. The van der Waals surface area contributed by atoms with E-state index in [1.165, 1.54) is 12.8 Å². The van der Waals surface area contributed by atoms with Crippen LogP contribution in [0.4, 0.5) is 0 Å². The first-order valence-corrected chi connectivity index (χ1v) is 10.9. The van der Waals surface area contributed by atoms with Crippen LogP contribution in [0.2, 0.25) is 10.0 Å². The zero-order valence-electron chi connectivity index (χ0n) is 16.3. The van der Waals surface area contributed by atoms with Crippen molar-refractivity contribution in [2.24, 2.45) is 11.3 Å². The van der Waals surface area contributed by atoms with E-state index in [-0.39, 0.29) is 5.41 Å². The van der Waals surface area contributed by atoms with Gasteiger partial charge in [0.2, 0.25) is 0 Å². The predicted molar refractivity (Wildman–Crippen MR) is 118 cm³/mol. The number of aromatic nitrogens is 4. The van der Waals surface area contributed by atoms with Crippen LogP contribution in [0.3, 0.4) is 0 Å². The highest BCUT2D eigenvalue weighted by Gasteiger charge is 2.44. The minimum absolute atomic E-state index is 0.148. The van der Waals surface area contributed by atoms with Crippen LogP contribution in [0.15, 0.2) is 48.8 Å². The first kappa shape index (κ1) is 18.8. The van der Waals surface area contributed by atoms with Gasteiger partial charge in [-0.3, -0.25) is 0 Å². The van der Waals surface area contributed by atoms with Crippen molar-refractivity contribution in [1.82, 2.24) is 19.5 Å². The fraction of sp³-hybridized carbons (Fsp3) is 0.348. The summed E-state index contributed by atoms with van der Waals surface area (Å²) in [6, 6.07) is 5.47. The molecule has 29 heavy (non-hydrogen) atoms. The van der Waals surface area contributed by atoms with Gasteiger partial charge in [0.1, 0.15) is 23.4 Å². The van der Waals surface area contributed by atoms with Gasteiger partial charge < -0.3 is 4.57 Å². The number of hydrogen-bond acceptors (Lipinski definition) is 3. The molecule has 2 heterocycles. The van der Waals surface area contributed by atoms with Crippen LogP contribution in [0, 0.1) is 11.3 Å². The fourth-order valence-corrected chi connectivity index (χ4v) is 4.98. The van der Waals surface area contributed by atoms with E-state index in [4.69, 9.17) is 28.2 Å². The Bertz CT molecular complexity index is 1140. The summed E-state index contributed by atoms with van der Waals surface area (Å²) in [5, 5.41) is 1.17. The zero-order chi connectivity index (χ0) is 20.0. The Kier molecular flexibility index (Phi) is 4.72. The van der Waals surface area contributed by atoms with E-state index >= 15 is 0 Å². The highest BCUT2D eigenvalue weighted by atomic mass is 35.5. The number of imidazole rings is 1. The first-order chi connectivity index (χ1) is 14.1. The molecule has 2 aliphatic carbocycles. The second kappa shape index (κ2) is 7.26. The summed E-state index contributed by atoms with van der Waals surface area (Å²) in [6.45, 7) is 3.03. The molecule has 0 saturated heterocycles. The number of aryl methyl sites for hydroxylation is 1. The molecule has 0 bridgehead atoms. The van der Waals surface area contributed by atoms with Gasteiger partial charge in [0.25, 0.3) is 0 Å². The Morgan fingerprint density at radius 2 is 2.03 bits per heavy atom. The molecular formula is C23H22Cl2N4. The minimum atomic E-state index is 0.148. The van der Waals surface area contributed by atoms with Crippen molar-refractivity contribution in [3.05, 3.63) is 64.7 Å². The highest BCUT2D eigenvalue weighted by molar-refractivity contribution is 6.36. The van der Waals surface area contributed by atoms with Gasteiger partial charge in [-0.25, -0.2) is 15.0 Å². The molecular weight excluding hydrogens is 403 g/mol. The number of allylic oxidation sites excluding steroid dienone is 4. The minimum Gasteiger partial charge on any atom is -0.312 e. The Morgan fingerprint density at radius 1 is 1.17 bits per heavy atom. The highest BCUT2D eigenvalue weighted by Crippen LogP contribution is 2.51. The van der Waals surface area contributed by atoms with Gasteiger partial charge >= 0.3 is 0 Å². The van der Waals surface area contributed by atoms with Crippen LogP contribution in [-0.2, 0) is 13.0 Å². The largest absolute Gasteiger partial charge is 0.312 e. The van der Waals surface area contributed by atoms with Gasteiger partial charge in [-0.05, 0) is 43.4 Å². The molecule has 5 rings (SSSR count). The van der Waals surface area contributed by atoms with Crippen molar-refractivity contribution in [2.75, 3.05) is 0 Å². The molecule has 4 nitrogen and oxygen atoms in total. The van der Waals surface area contributed by atoms with Gasteiger partial charge in [0.05, 0.1) is 5.02 Å². The SMILES string of the molecule is CCc1nc2c(-c3ccc(Cl)cc3Cl)ncnc2n1CC1(C2CC2)C=CC=CC1. The summed E-state index contributed by atoms with van der Waals surface area (Å²) in [4.78, 5) is 14.1. The lowest BCUT2D eigenvalue weighted by molar-refractivity contribution is 0.274. The van der Waals surface area contributed by atoms with Crippen LogP contribution < -0.4 is 0 Å². The Balaban J connectivity index is 1.65. The van der Waals surface area contributed by atoms with E-state index in [0.717, 1.165) is 53.5 Å². The van der Waals surface area contributed by atoms with Gasteiger partial charge in [0.15, 0.2) is 5.65 Å². The van der Waals surface area contributed by atoms with Crippen molar-refractivity contribution in [3.8, 4) is 11.3 Å². The molecule has 2 aliphatic rings. The summed E-state index contributed by atoms with van der Waals surface area (Å²) >= 11 is 12.6. The maximum Gasteiger partial charge on any atom is 0.164 e. The van der Waals surface area contributed by atoms with E-state index in [9.17, 15) is 0 Å². The van der Waals surface area contributed by atoms with Gasteiger partial charge in [-0.1, -0.05) is 54.4 Å². The quantitative estimate of drug-likeness (QED) is 0.484. The maximum atomic E-state index is 6.48. The van der Waals surface area contributed by atoms with E-state index in [0.29, 0.717) is 10.0 Å². The molecule has 1 atom stereocenters. The van der Waals surface area contributed by atoms with Crippen LogP contribution in [0.1, 0.15) is 32.0 Å². The number of fused-ring (bicyclic) bond motifs is 1. The van der Waals surface area contributed by atoms with Gasteiger partial charge in [0, 0.05) is 29.0 Å². The average Bonchev–Trinajstić information content (AvgIpc) is 3.53. The van der Waals surface area contributed by atoms with Crippen LogP contribution >= 0.6 is 23.2 Å². The third-order valence-corrected chi connectivity index (χ3v) is 6.68.